The van der Waals surface area contributed by atoms with Crippen LogP contribution in [0.25, 0.3) is 0 Å². The van der Waals surface area contributed by atoms with Crippen molar-refractivity contribution >= 4 is 0 Å². The number of rotatable bonds is 3. The highest BCUT2D eigenvalue weighted by Crippen LogP contribution is 2.01. The number of aromatic nitrogens is 2. The molecule has 1 rings (SSSR count). The molecule has 1 aromatic rings. The molecule has 0 saturated carbocycles. The molecule has 10 heavy (non-hydrogen) atoms. The van der Waals surface area contributed by atoms with Crippen molar-refractivity contribution in [1.29, 1.82) is 0 Å². The summed E-state index contributed by atoms with van der Waals surface area (Å²) in [5.41, 5.74) is 0. The second kappa shape index (κ2) is 3.40. The lowest BCUT2D eigenvalue weighted by molar-refractivity contribution is 0.516. The van der Waals surface area contributed by atoms with E-state index in [9.17, 15) is 0 Å². The van der Waals surface area contributed by atoms with E-state index in [0.717, 1.165) is 12.5 Å². The first-order chi connectivity index (χ1) is 4.79. The Morgan fingerprint density at radius 2 is 2.30 bits per heavy atom. The molecule has 2 nitrogen and oxygen atoms in total. The van der Waals surface area contributed by atoms with Crippen LogP contribution in [0, 0.1) is 5.92 Å². The quantitative estimate of drug-likeness (QED) is 0.624. The van der Waals surface area contributed by atoms with E-state index in [1.54, 1.807) is 0 Å². The van der Waals surface area contributed by atoms with Gasteiger partial charge in [0.05, 0.1) is 6.33 Å². The van der Waals surface area contributed by atoms with E-state index in [4.69, 9.17) is 0 Å². The van der Waals surface area contributed by atoms with Gasteiger partial charge in [-0.2, -0.15) is 0 Å². The molecule has 0 spiro atoms. The molecule has 1 aromatic heterocycles. The minimum atomic E-state index is 0.780. The van der Waals surface area contributed by atoms with Crippen molar-refractivity contribution in [3.63, 3.8) is 0 Å². The zero-order valence-corrected chi connectivity index (χ0v) is 6.62. The van der Waals surface area contributed by atoms with Crippen LogP contribution in [0.1, 0.15) is 20.3 Å². The highest BCUT2D eigenvalue weighted by molar-refractivity contribution is 4.73. The summed E-state index contributed by atoms with van der Waals surface area (Å²) < 4.78 is 2.11. The third kappa shape index (κ3) is 2.21. The molecule has 1 heterocycles. The monoisotopic (exact) mass is 138 g/mol. The highest BCUT2D eigenvalue weighted by atomic mass is 15.0. The molecule has 2 heteroatoms. The molecule has 0 aliphatic carbocycles. The van der Waals surface area contributed by atoms with Crippen molar-refractivity contribution in [3.05, 3.63) is 18.7 Å². The number of nitrogens with zero attached hydrogens (tertiary/aromatic N) is 2. The fourth-order valence-electron chi connectivity index (χ4n) is 0.826. The Morgan fingerprint density at radius 3 is 2.80 bits per heavy atom. The summed E-state index contributed by atoms with van der Waals surface area (Å²) >= 11 is 0. The third-order valence-electron chi connectivity index (χ3n) is 1.52. The van der Waals surface area contributed by atoms with Gasteiger partial charge in [-0.05, 0) is 12.3 Å². The first-order valence-corrected chi connectivity index (χ1v) is 3.75. The SMILES string of the molecule is CC(C)CCn1ccnc1. The van der Waals surface area contributed by atoms with Gasteiger partial charge in [-0.1, -0.05) is 13.8 Å². The Balaban J connectivity index is 2.28. The van der Waals surface area contributed by atoms with E-state index in [0.29, 0.717) is 0 Å². The number of aryl methyl sites for hydroxylation is 1. The maximum atomic E-state index is 3.96. The number of hydrogen-bond acceptors (Lipinski definition) is 1. The van der Waals surface area contributed by atoms with Crippen LogP contribution in [-0.2, 0) is 6.54 Å². The topological polar surface area (TPSA) is 17.8 Å². The van der Waals surface area contributed by atoms with E-state index < -0.39 is 0 Å². The smallest absolute Gasteiger partial charge is 0.0945 e. The lowest BCUT2D eigenvalue weighted by Crippen LogP contribution is -1.98. The van der Waals surface area contributed by atoms with Crippen LogP contribution in [0.15, 0.2) is 18.7 Å². The predicted octanol–water partition coefficient (Wildman–Crippen LogP) is 1.93. The van der Waals surface area contributed by atoms with Crippen molar-refractivity contribution in [3.8, 4) is 0 Å². The molecular weight excluding hydrogens is 124 g/mol. The van der Waals surface area contributed by atoms with Gasteiger partial charge in [0.25, 0.3) is 0 Å². The maximum Gasteiger partial charge on any atom is 0.0945 e. The van der Waals surface area contributed by atoms with Gasteiger partial charge in [0, 0.05) is 18.9 Å². The molecule has 0 aliphatic rings. The average Bonchev–Trinajstić information content (AvgIpc) is 2.34. The standard InChI is InChI=1S/C8H14N2/c1-8(2)3-5-10-6-4-9-7-10/h4,6-8H,3,5H2,1-2H3. The van der Waals surface area contributed by atoms with Gasteiger partial charge in [-0.15, -0.1) is 0 Å². The zero-order valence-electron chi connectivity index (χ0n) is 6.62. The molecule has 0 fully saturated rings. The van der Waals surface area contributed by atoms with Crippen molar-refractivity contribution in [2.24, 2.45) is 5.92 Å². The Hall–Kier alpha value is -0.790. The van der Waals surface area contributed by atoms with Crippen molar-refractivity contribution in [1.82, 2.24) is 9.55 Å². The number of hydrogen-bond donors (Lipinski definition) is 0. The lowest BCUT2D eigenvalue weighted by atomic mass is 10.1. The molecule has 0 aliphatic heterocycles. The molecule has 0 aromatic carbocycles. The van der Waals surface area contributed by atoms with Gasteiger partial charge in [0.2, 0.25) is 0 Å². The molecular formula is C8H14N2. The third-order valence-corrected chi connectivity index (χ3v) is 1.52. The van der Waals surface area contributed by atoms with Crippen LogP contribution in [0.5, 0.6) is 0 Å². The molecule has 0 N–H and O–H groups in total. The number of imidazole rings is 1. The van der Waals surface area contributed by atoms with Crippen LogP contribution in [-0.4, -0.2) is 9.55 Å². The second-order valence-corrected chi connectivity index (χ2v) is 2.98. The second-order valence-electron chi connectivity index (χ2n) is 2.98. The van der Waals surface area contributed by atoms with Crippen LogP contribution in [0.2, 0.25) is 0 Å². The molecule has 0 saturated heterocycles. The van der Waals surface area contributed by atoms with Crippen molar-refractivity contribution < 1.29 is 0 Å². The summed E-state index contributed by atoms with van der Waals surface area (Å²) in [6, 6.07) is 0. The molecule has 0 radical (unpaired) electrons. The Morgan fingerprint density at radius 1 is 1.50 bits per heavy atom. The molecule has 0 bridgehead atoms. The Labute approximate surface area is 61.9 Å². The minimum Gasteiger partial charge on any atom is -0.337 e. The van der Waals surface area contributed by atoms with Gasteiger partial charge in [0.15, 0.2) is 0 Å². The van der Waals surface area contributed by atoms with Crippen LogP contribution in [0.4, 0.5) is 0 Å². The van der Waals surface area contributed by atoms with Crippen LogP contribution in [0.3, 0.4) is 0 Å². The van der Waals surface area contributed by atoms with Gasteiger partial charge < -0.3 is 4.57 Å². The van der Waals surface area contributed by atoms with Gasteiger partial charge in [-0.25, -0.2) is 4.98 Å². The first kappa shape index (κ1) is 7.32. The van der Waals surface area contributed by atoms with Crippen molar-refractivity contribution in [2.45, 2.75) is 26.8 Å². The molecule has 0 amide bonds. The molecule has 56 valence electrons. The van der Waals surface area contributed by atoms with Crippen LogP contribution < -0.4 is 0 Å². The van der Waals surface area contributed by atoms with E-state index >= 15 is 0 Å². The summed E-state index contributed by atoms with van der Waals surface area (Å²) in [7, 11) is 0. The fraction of sp³-hybridized carbons (Fsp3) is 0.625. The van der Waals surface area contributed by atoms with E-state index in [1.165, 1.54) is 6.42 Å². The summed E-state index contributed by atoms with van der Waals surface area (Å²) in [6.45, 7) is 5.56. The predicted molar refractivity (Wildman–Crippen MR) is 41.7 cm³/mol. The highest BCUT2D eigenvalue weighted by Gasteiger charge is 1.93. The van der Waals surface area contributed by atoms with E-state index in [2.05, 4.69) is 23.4 Å². The average molecular weight is 138 g/mol. The summed E-state index contributed by atoms with van der Waals surface area (Å²) in [5.74, 6) is 0.780. The van der Waals surface area contributed by atoms with Gasteiger partial charge in [-0.3, -0.25) is 0 Å². The van der Waals surface area contributed by atoms with Crippen molar-refractivity contribution in [2.75, 3.05) is 0 Å². The summed E-state index contributed by atoms with van der Waals surface area (Å²) in [5, 5.41) is 0. The van der Waals surface area contributed by atoms with Crippen LogP contribution >= 0.6 is 0 Å². The Kier molecular flexibility index (Phi) is 2.49. The maximum absolute atomic E-state index is 3.96. The zero-order chi connectivity index (χ0) is 7.40. The first-order valence-electron chi connectivity index (χ1n) is 3.75. The van der Waals surface area contributed by atoms with E-state index in [-0.39, 0.29) is 0 Å². The lowest BCUT2D eigenvalue weighted by Gasteiger charge is -2.03. The van der Waals surface area contributed by atoms with E-state index in [1.807, 2.05) is 18.7 Å². The largest absolute Gasteiger partial charge is 0.337 e. The minimum absolute atomic E-state index is 0.780. The molecule has 0 unspecified atom stereocenters. The Bertz CT molecular complexity index is 165. The normalized spacial score (nSPS) is 10.7. The fourth-order valence-corrected chi connectivity index (χ4v) is 0.826. The summed E-state index contributed by atoms with van der Waals surface area (Å²) in [4.78, 5) is 3.96. The van der Waals surface area contributed by atoms with Gasteiger partial charge in [0.1, 0.15) is 0 Å². The molecule has 0 atom stereocenters. The summed E-state index contributed by atoms with van der Waals surface area (Å²) in [6.07, 6.45) is 6.92. The van der Waals surface area contributed by atoms with Gasteiger partial charge >= 0.3 is 0 Å².